The highest BCUT2D eigenvalue weighted by atomic mass is 16.3. The second-order valence-corrected chi connectivity index (χ2v) is 18.7. The molecule has 13 rings (SSSR count). The molecule has 0 N–H and O–H groups in total. The highest BCUT2D eigenvalue weighted by Crippen LogP contribution is 2.58. The Morgan fingerprint density at radius 2 is 1.00 bits per heavy atom. The van der Waals surface area contributed by atoms with Gasteiger partial charge in [0.1, 0.15) is 11.2 Å². The first-order valence-electron chi connectivity index (χ1n) is 23.6. The number of benzene rings is 9. The Morgan fingerprint density at radius 1 is 0.433 bits per heavy atom. The predicted molar refractivity (Wildman–Crippen MR) is 279 cm³/mol. The smallest absolute Gasteiger partial charge is 0.137 e. The summed E-state index contributed by atoms with van der Waals surface area (Å²) < 4.78 is 6.55. The van der Waals surface area contributed by atoms with Crippen molar-refractivity contribution in [3.8, 4) is 22.3 Å². The summed E-state index contributed by atoms with van der Waals surface area (Å²) in [6.07, 6.45) is 8.95. The van der Waals surface area contributed by atoms with E-state index in [0.29, 0.717) is 0 Å². The predicted octanol–water partition coefficient (Wildman–Crippen LogP) is 17.4. The average Bonchev–Trinajstić information content (AvgIpc) is 3.99. The van der Waals surface area contributed by atoms with Crippen molar-refractivity contribution in [2.75, 3.05) is 9.80 Å². The summed E-state index contributed by atoms with van der Waals surface area (Å²) in [6.45, 7) is 4.72. The maximum atomic E-state index is 6.55. The highest BCUT2D eigenvalue weighted by molar-refractivity contribution is 6.13. The minimum atomic E-state index is -0.442. The van der Waals surface area contributed by atoms with Crippen LogP contribution >= 0.6 is 0 Å². The molecule has 3 heteroatoms. The molecule has 67 heavy (non-hydrogen) atoms. The Balaban J connectivity index is 1.02. The third-order valence-electron chi connectivity index (χ3n) is 14.8. The lowest BCUT2D eigenvalue weighted by Crippen LogP contribution is -2.30. The van der Waals surface area contributed by atoms with Crippen molar-refractivity contribution < 1.29 is 4.42 Å². The van der Waals surface area contributed by atoms with Gasteiger partial charge in [0.15, 0.2) is 0 Å². The molecule has 3 aliphatic carbocycles. The molecule has 0 saturated carbocycles. The summed E-state index contributed by atoms with van der Waals surface area (Å²) in [5.74, 6) is 0. The number of para-hydroxylation sites is 2. The fourth-order valence-electron chi connectivity index (χ4n) is 11.9. The van der Waals surface area contributed by atoms with Crippen molar-refractivity contribution in [3.63, 3.8) is 0 Å². The zero-order chi connectivity index (χ0) is 44.7. The van der Waals surface area contributed by atoms with E-state index in [-0.39, 0.29) is 5.41 Å². The van der Waals surface area contributed by atoms with Crippen LogP contribution in [0, 0.1) is 0 Å². The van der Waals surface area contributed by atoms with Crippen LogP contribution in [-0.4, -0.2) is 0 Å². The number of allylic oxidation sites excluding steroid dienone is 4. The molecular formula is C64H48N2O. The van der Waals surface area contributed by atoms with Crippen LogP contribution in [0.2, 0.25) is 0 Å². The van der Waals surface area contributed by atoms with Crippen LogP contribution in [0.15, 0.2) is 241 Å². The molecule has 3 aliphatic rings. The maximum Gasteiger partial charge on any atom is 0.137 e. The molecular weight excluding hydrogens is 813 g/mol. The van der Waals surface area contributed by atoms with E-state index in [0.717, 1.165) is 68.9 Å². The lowest BCUT2D eigenvalue weighted by Gasteiger charge is -2.37. The second kappa shape index (κ2) is 15.2. The summed E-state index contributed by atoms with van der Waals surface area (Å²) in [5.41, 5.74) is 20.9. The third-order valence-corrected chi connectivity index (χ3v) is 14.8. The van der Waals surface area contributed by atoms with Crippen molar-refractivity contribution in [3.05, 3.63) is 264 Å². The molecule has 10 aromatic rings. The summed E-state index contributed by atoms with van der Waals surface area (Å²) in [5, 5.41) is 2.19. The normalized spacial score (nSPS) is 14.9. The van der Waals surface area contributed by atoms with Gasteiger partial charge in [-0.05, 0) is 136 Å². The molecule has 1 heterocycles. The molecule has 1 aromatic heterocycles. The monoisotopic (exact) mass is 860 g/mol. The van der Waals surface area contributed by atoms with E-state index in [1.54, 1.807) is 0 Å². The maximum absolute atomic E-state index is 6.55. The minimum Gasteiger partial charge on any atom is -0.456 e. The molecule has 0 atom stereocenters. The van der Waals surface area contributed by atoms with Crippen molar-refractivity contribution in [2.45, 2.75) is 37.5 Å². The summed E-state index contributed by atoms with van der Waals surface area (Å²) in [6, 6.07) is 78.2. The van der Waals surface area contributed by atoms with Crippen LogP contribution in [0.4, 0.5) is 34.1 Å². The standard InChI is InChI=1S/C64H48N2O/c1-63(2)55-32-13-9-28-50(55)53-39-38-49(42-58(53)63)66(59-35-19-37-61-62(59)54-31-12-16-36-60(54)67-61)48-27-18-26-47(41-48)65(45-23-7-4-8-24-45)46-25-17-22-44(40-46)64(43-20-5-3-6-21-43)56-33-14-10-29-51(56)52-30-11-15-34-57(52)64/h3-5,7-20,22-42H,6,21H2,1-2H3. The average molecular weight is 861 g/mol. The van der Waals surface area contributed by atoms with Gasteiger partial charge in [0.2, 0.25) is 0 Å². The van der Waals surface area contributed by atoms with Gasteiger partial charge in [0.25, 0.3) is 0 Å². The molecule has 0 fully saturated rings. The number of hydrogen-bond acceptors (Lipinski definition) is 3. The van der Waals surface area contributed by atoms with E-state index < -0.39 is 5.41 Å². The van der Waals surface area contributed by atoms with E-state index >= 15 is 0 Å². The molecule has 3 nitrogen and oxygen atoms in total. The van der Waals surface area contributed by atoms with Gasteiger partial charge in [0.05, 0.1) is 16.5 Å². The van der Waals surface area contributed by atoms with Crippen LogP contribution in [0.5, 0.6) is 0 Å². The highest BCUT2D eigenvalue weighted by Gasteiger charge is 2.47. The van der Waals surface area contributed by atoms with Crippen LogP contribution in [0.1, 0.15) is 54.5 Å². The molecule has 0 amide bonds. The molecule has 0 aliphatic heterocycles. The minimum absolute atomic E-state index is 0.166. The third kappa shape index (κ3) is 5.90. The molecule has 320 valence electrons. The number of hydrogen-bond donors (Lipinski definition) is 0. The number of furan rings is 1. The largest absolute Gasteiger partial charge is 0.456 e. The molecule has 0 saturated heterocycles. The Morgan fingerprint density at radius 3 is 1.75 bits per heavy atom. The van der Waals surface area contributed by atoms with Crippen LogP contribution in [0.3, 0.4) is 0 Å². The first kappa shape index (κ1) is 39.2. The number of fused-ring (bicyclic) bond motifs is 9. The van der Waals surface area contributed by atoms with E-state index in [1.165, 1.54) is 55.6 Å². The van der Waals surface area contributed by atoms with Gasteiger partial charge in [-0.2, -0.15) is 0 Å². The summed E-state index contributed by atoms with van der Waals surface area (Å²) in [7, 11) is 0. The Hall–Kier alpha value is -8.14. The number of nitrogens with zero attached hydrogens (tertiary/aromatic N) is 2. The number of anilines is 6. The van der Waals surface area contributed by atoms with Gasteiger partial charge >= 0.3 is 0 Å². The van der Waals surface area contributed by atoms with Crippen molar-refractivity contribution >= 4 is 56.1 Å². The van der Waals surface area contributed by atoms with Crippen LogP contribution in [-0.2, 0) is 10.8 Å². The van der Waals surface area contributed by atoms with Gasteiger partial charge in [0, 0.05) is 39.2 Å². The van der Waals surface area contributed by atoms with E-state index in [9.17, 15) is 0 Å². The second-order valence-electron chi connectivity index (χ2n) is 18.7. The zero-order valence-corrected chi connectivity index (χ0v) is 37.7. The van der Waals surface area contributed by atoms with Crippen molar-refractivity contribution in [1.82, 2.24) is 0 Å². The first-order chi connectivity index (χ1) is 33.0. The van der Waals surface area contributed by atoms with Gasteiger partial charge < -0.3 is 14.2 Å². The summed E-state index contributed by atoms with van der Waals surface area (Å²) >= 11 is 0. The summed E-state index contributed by atoms with van der Waals surface area (Å²) in [4.78, 5) is 4.87. The number of rotatable bonds is 8. The zero-order valence-electron chi connectivity index (χ0n) is 37.7. The van der Waals surface area contributed by atoms with Crippen LogP contribution < -0.4 is 9.80 Å². The van der Waals surface area contributed by atoms with Crippen molar-refractivity contribution in [2.24, 2.45) is 0 Å². The fourth-order valence-corrected chi connectivity index (χ4v) is 11.9. The quantitative estimate of drug-likeness (QED) is 0.152. The first-order valence-corrected chi connectivity index (χ1v) is 23.6. The van der Waals surface area contributed by atoms with E-state index in [2.05, 4.69) is 248 Å². The Bertz CT molecular complexity index is 3600. The van der Waals surface area contributed by atoms with Gasteiger partial charge in [-0.3, -0.25) is 0 Å². The van der Waals surface area contributed by atoms with Gasteiger partial charge in [-0.15, -0.1) is 0 Å². The lowest BCUT2D eigenvalue weighted by molar-refractivity contribution is 0.660. The molecule has 0 spiro atoms. The Labute approximate surface area is 392 Å². The van der Waals surface area contributed by atoms with E-state index in [4.69, 9.17) is 4.42 Å². The Kier molecular flexibility index (Phi) is 8.92. The van der Waals surface area contributed by atoms with Gasteiger partial charge in [-0.1, -0.05) is 177 Å². The van der Waals surface area contributed by atoms with Crippen molar-refractivity contribution in [1.29, 1.82) is 0 Å². The molecule has 0 unspecified atom stereocenters. The fraction of sp³-hybridized carbons (Fsp3) is 0.0938. The molecule has 0 radical (unpaired) electrons. The molecule has 9 aromatic carbocycles. The SMILES string of the molecule is CC1(C)c2ccccc2-c2ccc(N(c3cccc(N(c4ccccc4)c4cccc(C5(C6=CC=CCC6)c6ccccc6-c6ccccc65)c4)c3)c3cccc4oc5ccccc5c34)cc21. The van der Waals surface area contributed by atoms with E-state index in [1.807, 2.05) is 6.07 Å². The topological polar surface area (TPSA) is 19.6 Å². The molecule has 0 bridgehead atoms. The van der Waals surface area contributed by atoms with Crippen LogP contribution in [0.25, 0.3) is 44.2 Å². The van der Waals surface area contributed by atoms with Gasteiger partial charge in [-0.25, -0.2) is 0 Å². The lowest BCUT2D eigenvalue weighted by atomic mass is 9.65.